The smallest absolute Gasteiger partial charge is 0.408 e. The van der Waals surface area contributed by atoms with Gasteiger partial charge >= 0.3 is 18.2 Å². The third-order valence-corrected chi connectivity index (χ3v) is 6.41. The first-order chi connectivity index (χ1) is 19.0. The molecule has 0 radical (unpaired) electrons. The fourth-order valence-electron chi connectivity index (χ4n) is 4.56. The molecule has 40 heavy (non-hydrogen) atoms. The van der Waals surface area contributed by atoms with Gasteiger partial charge in [-0.2, -0.15) is 0 Å². The summed E-state index contributed by atoms with van der Waals surface area (Å²) in [5, 5.41) is 5.47. The van der Waals surface area contributed by atoms with Crippen molar-refractivity contribution >= 4 is 30.0 Å². The number of carbonyl (C=O) groups is 5. The molecule has 1 aliphatic heterocycles. The van der Waals surface area contributed by atoms with Gasteiger partial charge in [0.25, 0.3) is 11.8 Å². The van der Waals surface area contributed by atoms with Crippen LogP contribution in [-0.4, -0.2) is 53.2 Å². The van der Waals surface area contributed by atoms with Gasteiger partial charge < -0.3 is 24.9 Å². The Morgan fingerprint density at radius 1 is 0.950 bits per heavy atom. The molecule has 212 valence electrons. The Morgan fingerprint density at radius 2 is 1.65 bits per heavy atom. The van der Waals surface area contributed by atoms with Crippen LogP contribution < -0.4 is 10.6 Å². The van der Waals surface area contributed by atoms with E-state index in [0.29, 0.717) is 5.06 Å². The number of amides is 4. The van der Waals surface area contributed by atoms with Gasteiger partial charge in [0.2, 0.25) is 0 Å². The second-order valence-electron chi connectivity index (χ2n) is 10.6. The summed E-state index contributed by atoms with van der Waals surface area (Å²) < 4.78 is 10.6. The number of alkyl carbamates (subject to hydrolysis) is 2. The van der Waals surface area contributed by atoms with Crippen molar-refractivity contribution < 1.29 is 38.3 Å². The first-order valence-electron chi connectivity index (χ1n) is 13.2. The highest BCUT2D eigenvalue weighted by Gasteiger charge is 2.35. The highest BCUT2D eigenvalue weighted by molar-refractivity contribution is 6.01. The largest absolute Gasteiger partial charge is 0.445 e. The van der Waals surface area contributed by atoms with Crippen LogP contribution in [0.5, 0.6) is 0 Å². The van der Waals surface area contributed by atoms with Crippen molar-refractivity contribution in [3.05, 3.63) is 59.2 Å². The van der Waals surface area contributed by atoms with E-state index in [1.54, 1.807) is 20.8 Å². The fourth-order valence-corrected chi connectivity index (χ4v) is 4.56. The van der Waals surface area contributed by atoms with Gasteiger partial charge in [-0.15, -0.1) is 5.06 Å². The van der Waals surface area contributed by atoms with Crippen molar-refractivity contribution in [2.24, 2.45) is 0 Å². The standard InChI is InChI=1S/C29H33N3O8/c1-29(2,3)39-27(36)30-15-7-12-23(26(35)40-32-24(33)13-14-25(32)34)31-28(37)38-17-19-9-6-11-21-20-10-5-4-8-18(20)16-22(19)21/h4-6,8-11,23H,7,12-17H2,1-3H3,(H,30,36)(H,31,37). The van der Waals surface area contributed by atoms with Crippen LogP contribution in [-0.2, 0) is 41.7 Å². The molecular weight excluding hydrogens is 518 g/mol. The number of fused-ring (bicyclic) bond motifs is 3. The normalized spacial score (nSPS) is 14.7. The van der Waals surface area contributed by atoms with Crippen LogP contribution in [0.2, 0.25) is 0 Å². The number of rotatable bonds is 9. The molecule has 2 aliphatic rings. The molecule has 2 aromatic rings. The van der Waals surface area contributed by atoms with Crippen LogP contribution in [0, 0.1) is 0 Å². The number of nitrogens with one attached hydrogen (secondary N) is 2. The molecule has 0 aromatic heterocycles. The molecule has 4 amide bonds. The van der Waals surface area contributed by atoms with E-state index < -0.39 is 41.6 Å². The summed E-state index contributed by atoms with van der Waals surface area (Å²) in [4.78, 5) is 66.3. The Morgan fingerprint density at radius 3 is 2.38 bits per heavy atom. The van der Waals surface area contributed by atoms with Crippen LogP contribution in [0.1, 0.15) is 63.1 Å². The fraction of sp³-hybridized carbons (Fsp3) is 0.414. The number of nitrogens with zero attached hydrogens (tertiary/aromatic N) is 1. The number of ether oxygens (including phenoxy) is 2. The maximum absolute atomic E-state index is 12.8. The van der Waals surface area contributed by atoms with Gasteiger partial charge in [0.05, 0.1) is 0 Å². The zero-order valence-electron chi connectivity index (χ0n) is 22.8. The van der Waals surface area contributed by atoms with Gasteiger partial charge in [0, 0.05) is 19.4 Å². The van der Waals surface area contributed by atoms with Gasteiger partial charge in [0.1, 0.15) is 18.2 Å². The molecule has 4 rings (SSSR count). The maximum atomic E-state index is 12.8. The van der Waals surface area contributed by atoms with Crippen molar-refractivity contribution in [2.45, 2.75) is 71.1 Å². The van der Waals surface area contributed by atoms with E-state index in [1.807, 2.05) is 30.3 Å². The predicted octanol–water partition coefficient (Wildman–Crippen LogP) is 3.76. The van der Waals surface area contributed by atoms with E-state index in [0.717, 1.165) is 28.7 Å². The van der Waals surface area contributed by atoms with E-state index in [4.69, 9.17) is 14.3 Å². The summed E-state index contributed by atoms with van der Waals surface area (Å²) >= 11 is 0. The number of imide groups is 1. The van der Waals surface area contributed by atoms with Crippen molar-refractivity contribution in [2.75, 3.05) is 6.54 Å². The lowest BCUT2D eigenvalue weighted by Gasteiger charge is -2.21. The van der Waals surface area contributed by atoms with Crippen LogP contribution in [0.4, 0.5) is 9.59 Å². The van der Waals surface area contributed by atoms with Crippen LogP contribution in [0.15, 0.2) is 42.5 Å². The second kappa shape index (κ2) is 12.2. The molecule has 11 nitrogen and oxygen atoms in total. The summed E-state index contributed by atoms with van der Waals surface area (Å²) in [5.74, 6) is -2.26. The molecule has 0 spiro atoms. The summed E-state index contributed by atoms with van der Waals surface area (Å²) in [6, 6.07) is 12.7. The van der Waals surface area contributed by atoms with Crippen molar-refractivity contribution in [3.63, 3.8) is 0 Å². The lowest BCUT2D eigenvalue weighted by Crippen LogP contribution is -2.46. The molecule has 2 N–H and O–H groups in total. The Bertz CT molecular complexity index is 1300. The van der Waals surface area contributed by atoms with E-state index in [2.05, 4.69) is 22.8 Å². The van der Waals surface area contributed by atoms with Gasteiger partial charge in [0.15, 0.2) is 0 Å². The van der Waals surface area contributed by atoms with E-state index in [1.165, 1.54) is 5.56 Å². The molecular formula is C29H33N3O8. The lowest BCUT2D eigenvalue weighted by atomic mass is 10.0. The molecule has 1 heterocycles. The first kappa shape index (κ1) is 28.6. The molecule has 1 aliphatic carbocycles. The van der Waals surface area contributed by atoms with E-state index in [-0.39, 0.29) is 38.8 Å². The molecule has 1 atom stereocenters. The predicted molar refractivity (Wildman–Crippen MR) is 142 cm³/mol. The average molecular weight is 552 g/mol. The number of carbonyl (C=O) groups excluding carboxylic acids is 5. The minimum absolute atomic E-state index is 0.0198. The van der Waals surface area contributed by atoms with Crippen LogP contribution in [0.25, 0.3) is 11.1 Å². The number of hydroxylamine groups is 2. The number of benzene rings is 2. The molecule has 1 fully saturated rings. The maximum Gasteiger partial charge on any atom is 0.408 e. The molecule has 1 saturated heterocycles. The Labute approximate surface area is 232 Å². The average Bonchev–Trinajstić information content (AvgIpc) is 3.43. The minimum atomic E-state index is -1.24. The summed E-state index contributed by atoms with van der Waals surface area (Å²) in [7, 11) is 0. The zero-order valence-corrected chi connectivity index (χ0v) is 22.8. The highest BCUT2D eigenvalue weighted by atomic mass is 16.7. The number of hydrogen-bond acceptors (Lipinski definition) is 8. The number of hydrogen-bond donors (Lipinski definition) is 2. The minimum Gasteiger partial charge on any atom is -0.445 e. The van der Waals surface area contributed by atoms with Crippen molar-refractivity contribution in [1.29, 1.82) is 0 Å². The van der Waals surface area contributed by atoms with Gasteiger partial charge in [-0.3, -0.25) is 9.59 Å². The third-order valence-electron chi connectivity index (χ3n) is 6.41. The SMILES string of the molecule is CC(C)(C)OC(=O)NCCCC(NC(=O)OCc1cccc2c1Cc1ccccc1-2)C(=O)ON1C(=O)CCC1=O. The monoisotopic (exact) mass is 551 g/mol. The van der Waals surface area contributed by atoms with Gasteiger partial charge in [-0.1, -0.05) is 42.5 Å². The summed E-state index contributed by atoms with van der Waals surface area (Å²) in [5.41, 5.74) is 4.69. The Balaban J connectivity index is 1.36. The molecule has 1 unspecified atom stereocenters. The third kappa shape index (κ3) is 7.16. The van der Waals surface area contributed by atoms with Crippen molar-refractivity contribution in [3.8, 4) is 11.1 Å². The van der Waals surface area contributed by atoms with Crippen LogP contribution >= 0.6 is 0 Å². The first-order valence-corrected chi connectivity index (χ1v) is 13.2. The van der Waals surface area contributed by atoms with E-state index in [9.17, 15) is 24.0 Å². The second-order valence-corrected chi connectivity index (χ2v) is 10.6. The van der Waals surface area contributed by atoms with E-state index >= 15 is 0 Å². The lowest BCUT2D eigenvalue weighted by molar-refractivity contribution is -0.199. The zero-order chi connectivity index (χ0) is 28.9. The molecule has 0 saturated carbocycles. The molecule has 0 bridgehead atoms. The summed E-state index contributed by atoms with van der Waals surface area (Å²) in [6.45, 7) is 5.33. The van der Waals surface area contributed by atoms with Gasteiger partial charge in [-0.05, 0) is 67.9 Å². The quantitative estimate of drug-likeness (QED) is 0.303. The molecule has 11 heteroatoms. The topological polar surface area (TPSA) is 140 Å². The highest BCUT2D eigenvalue weighted by Crippen LogP contribution is 2.38. The van der Waals surface area contributed by atoms with Gasteiger partial charge in [-0.25, -0.2) is 14.4 Å². The Hall–Kier alpha value is -4.41. The summed E-state index contributed by atoms with van der Waals surface area (Å²) in [6.07, 6.45) is -0.584. The van der Waals surface area contributed by atoms with Crippen LogP contribution in [0.3, 0.4) is 0 Å². The molecule has 2 aromatic carbocycles. The Kier molecular flexibility index (Phi) is 8.71. The van der Waals surface area contributed by atoms with Crippen molar-refractivity contribution in [1.82, 2.24) is 15.7 Å².